The fourth-order valence-electron chi connectivity index (χ4n) is 2.78. The molecule has 6 amide bonds. The number of hydrogen-bond acceptors (Lipinski definition) is 5. The molecule has 1 aliphatic heterocycles. The highest BCUT2D eigenvalue weighted by atomic mass is 32.1. The summed E-state index contributed by atoms with van der Waals surface area (Å²) in [5.74, 6) is -3.99. The molecule has 2 aromatic rings. The monoisotopic (exact) mass is 422 g/mol. The van der Waals surface area contributed by atoms with Crippen molar-refractivity contribution in [1.82, 2.24) is 20.9 Å². The van der Waals surface area contributed by atoms with E-state index in [4.69, 9.17) is 0 Å². The molecular formula is C18H16F2N4O4S. The second-order valence-electron chi connectivity index (χ2n) is 6.39. The highest BCUT2D eigenvalue weighted by Gasteiger charge is 2.49. The van der Waals surface area contributed by atoms with Gasteiger partial charge in [0.15, 0.2) is 11.6 Å². The van der Waals surface area contributed by atoms with Crippen LogP contribution in [0.15, 0.2) is 35.7 Å². The van der Waals surface area contributed by atoms with Crippen LogP contribution in [0.5, 0.6) is 0 Å². The summed E-state index contributed by atoms with van der Waals surface area (Å²) in [5.41, 5.74) is -1.65. The average molecular weight is 422 g/mol. The van der Waals surface area contributed by atoms with Gasteiger partial charge in [0, 0.05) is 4.88 Å². The molecule has 8 nitrogen and oxygen atoms in total. The first-order valence-corrected chi connectivity index (χ1v) is 9.28. The molecule has 1 atom stereocenters. The molecule has 152 valence electrons. The van der Waals surface area contributed by atoms with Gasteiger partial charge in [-0.15, -0.1) is 11.3 Å². The Bertz CT molecular complexity index is 982. The summed E-state index contributed by atoms with van der Waals surface area (Å²) in [6, 6.07) is 4.75. The molecule has 1 aromatic heterocycles. The third kappa shape index (κ3) is 4.24. The van der Waals surface area contributed by atoms with Crippen LogP contribution in [0.3, 0.4) is 0 Å². The summed E-state index contributed by atoms with van der Waals surface area (Å²) in [4.78, 5) is 50.2. The summed E-state index contributed by atoms with van der Waals surface area (Å²) in [6.07, 6.45) is 0. The number of amides is 6. The second kappa shape index (κ2) is 7.95. The lowest BCUT2D eigenvalue weighted by Crippen LogP contribution is -2.46. The van der Waals surface area contributed by atoms with Crippen molar-refractivity contribution >= 4 is 35.2 Å². The maximum Gasteiger partial charge on any atom is 0.325 e. The molecular weight excluding hydrogens is 406 g/mol. The molecule has 1 aliphatic rings. The highest BCUT2D eigenvalue weighted by molar-refractivity contribution is 7.09. The lowest BCUT2D eigenvalue weighted by Gasteiger charge is -2.22. The largest absolute Gasteiger partial charge is 0.333 e. The lowest BCUT2D eigenvalue weighted by molar-refractivity contribution is -0.134. The van der Waals surface area contributed by atoms with E-state index in [-0.39, 0.29) is 12.1 Å². The van der Waals surface area contributed by atoms with E-state index in [9.17, 15) is 28.0 Å². The van der Waals surface area contributed by atoms with Gasteiger partial charge in [-0.05, 0) is 36.1 Å². The Morgan fingerprint density at radius 1 is 1.21 bits per heavy atom. The number of carbonyl (C=O) groups excluding carboxylic acids is 4. The Kier molecular flexibility index (Phi) is 5.59. The Morgan fingerprint density at radius 3 is 2.62 bits per heavy atom. The van der Waals surface area contributed by atoms with Gasteiger partial charge in [0.05, 0.1) is 6.54 Å². The Morgan fingerprint density at radius 2 is 1.97 bits per heavy atom. The minimum atomic E-state index is -1.67. The summed E-state index contributed by atoms with van der Waals surface area (Å²) in [6.45, 7) is 0.815. The molecule has 1 saturated heterocycles. The van der Waals surface area contributed by atoms with Gasteiger partial charge in [-0.3, -0.25) is 19.8 Å². The number of imide groups is 2. The van der Waals surface area contributed by atoms with Crippen molar-refractivity contribution in [3.63, 3.8) is 0 Å². The number of halogens is 2. The molecule has 1 unspecified atom stereocenters. The number of carbonyl (C=O) groups is 4. The van der Waals surface area contributed by atoms with Gasteiger partial charge < -0.3 is 10.6 Å². The predicted molar refractivity (Wildman–Crippen MR) is 98.7 cm³/mol. The van der Waals surface area contributed by atoms with E-state index in [0.29, 0.717) is 4.90 Å². The van der Waals surface area contributed by atoms with E-state index >= 15 is 0 Å². The van der Waals surface area contributed by atoms with E-state index in [0.717, 1.165) is 23.1 Å². The van der Waals surface area contributed by atoms with Crippen LogP contribution in [0.4, 0.5) is 18.4 Å². The first-order chi connectivity index (χ1) is 13.7. The van der Waals surface area contributed by atoms with E-state index in [1.54, 1.807) is 6.07 Å². The Balaban J connectivity index is 1.62. The maximum atomic E-state index is 13.5. The molecule has 0 spiro atoms. The smallest absolute Gasteiger partial charge is 0.325 e. The van der Waals surface area contributed by atoms with Gasteiger partial charge in [0.25, 0.3) is 5.91 Å². The number of nitrogens with one attached hydrogen (secondary N) is 3. The van der Waals surface area contributed by atoms with Gasteiger partial charge >= 0.3 is 12.1 Å². The molecule has 0 bridgehead atoms. The molecule has 29 heavy (non-hydrogen) atoms. The van der Waals surface area contributed by atoms with Crippen LogP contribution in [0.25, 0.3) is 0 Å². The fourth-order valence-corrected chi connectivity index (χ4v) is 3.42. The van der Waals surface area contributed by atoms with Crippen molar-refractivity contribution in [3.8, 4) is 0 Å². The topological polar surface area (TPSA) is 108 Å². The van der Waals surface area contributed by atoms with E-state index in [2.05, 4.69) is 10.6 Å². The van der Waals surface area contributed by atoms with Crippen molar-refractivity contribution in [1.29, 1.82) is 0 Å². The third-order valence-corrected chi connectivity index (χ3v) is 5.21. The van der Waals surface area contributed by atoms with E-state index in [1.165, 1.54) is 18.3 Å². The van der Waals surface area contributed by atoms with Crippen LogP contribution in [0.1, 0.15) is 17.4 Å². The number of hydrogen-bond donors (Lipinski definition) is 3. The van der Waals surface area contributed by atoms with Crippen LogP contribution in [0, 0.1) is 11.6 Å². The Hall–Kier alpha value is -3.34. The van der Waals surface area contributed by atoms with Gasteiger partial charge in [0.2, 0.25) is 5.91 Å². The first-order valence-electron chi connectivity index (χ1n) is 8.40. The molecule has 1 aromatic carbocycles. The van der Waals surface area contributed by atoms with Crippen molar-refractivity contribution in [2.24, 2.45) is 0 Å². The third-order valence-electron chi connectivity index (χ3n) is 4.33. The van der Waals surface area contributed by atoms with E-state index in [1.807, 2.05) is 16.8 Å². The number of nitrogens with zero attached hydrogens (tertiary/aromatic N) is 1. The summed E-state index contributed by atoms with van der Waals surface area (Å²) < 4.78 is 26.7. The molecule has 0 radical (unpaired) electrons. The molecule has 11 heteroatoms. The van der Waals surface area contributed by atoms with Gasteiger partial charge in [0.1, 0.15) is 12.1 Å². The van der Waals surface area contributed by atoms with Gasteiger partial charge in [-0.2, -0.15) is 0 Å². The number of thiophene rings is 1. The minimum Gasteiger partial charge on any atom is -0.333 e. The number of benzene rings is 1. The summed E-state index contributed by atoms with van der Waals surface area (Å²) >= 11 is 1.43. The predicted octanol–water partition coefficient (Wildman–Crippen LogP) is 1.82. The SMILES string of the molecule is CC1(c2ccc(F)c(F)c2)NC(=O)N(CC(=O)NC(=O)NCc2cccs2)C1=O. The normalized spacial score (nSPS) is 18.5. The molecule has 0 aliphatic carbocycles. The zero-order valence-corrected chi connectivity index (χ0v) is 15.9. The highest BCUT2D eigenvalue weighted by Crippen LogP contribution is 2.29. The lowest BCUT2D eigenvalue weighted by atomic mass is 9.92. The molecule has 2 heterocycles. The fraction of sp³-hybridized carbons (Fsp3) is 0.222. The molecule has 1 fully saturated rings. The average Bonchev–Trinajstić information content (AvgIpc) is 3.25. The Labute approximate surface area is 167 Å². The zero-order chi connectivity index (χ0) is 21.2. The van der Waals surface area contributed by atoms with Gasteiger partial charge in [-0.1, -0.05) is 12.1 Å². The summed E-state index contributed by atoms with van der Waals surface area (Å²) in [5, 5.41) is 8.70. The van der Waals surface area contributed by atoms with Crippen LogP contribution in [-0.2, 0) is 21.7 Å². The first kappa shape index (κ1) is 20.4. The van der Waals surface area contributed by atoms with Crippen LogP contribution in [-0.4, -0.2) is 35.3 Å². The maximum absolute atomic E-state index is 13.5. The van der Waals surface area contributed by atoms with Crippen molar-refractivity contribution in [2.75, 3.05) is 6.54 Å². The zero-order valence-electron chi connectivity index (χ0n) is 15.1. The second-order valence-corrected chi connectivity index (χ2v) is 7.42. The van der Waals surface area contributed by atoms with Crippen molar-refractivity contribution in [3.05, 3.63) is 57.8 Å². The molecule has 0 saturated carbocycles. The van der Waals surface area contributed by atoms with Crippen LogP contribution < -0.4 is 16.0 Å². The van der Waals surface area contributed by atoms with Crippen LogP contribution >= 0.6 is 11.3 Å². The molecule has 3 rings (SSSR count). The van der Waals surface area contributed by atoms with Gasteiger partial charge in [-0.25, -0.2) is 18.4 Å². The standard InChI is InChI=1S/C18H16F2N4O4S/c1-18(10-4-5-12(19)13(20)7-10)15(26)24(17(28)23-18)9-14(25)22-16(27)21-8-11-3-2-6-29-11/h2-7H,8-9H2,1H3,(H,23,28)(H2,21,22,25,27). The van der Waals surface area contributed by atoms with Crippen molar-refractivity contribution in [2.45, 2.75) is 19.0 Å². The number of urea groups is 2. The molecule has 3 N–H and O–H groups in total. The minimum absolute atomic E-state index is 0.0198. The van der Waals surface area contributed by atoms with Crippen molar-refractivity contribution < 1.29 is 28.0 Å². The summed E-state index contributed by atoms with van der Waals surface area (Å²) in [7, 11) is 0. The number of rotatable bonds is 5. The van der Waals surface area contributed by atoms with Crippen LogP contribution in [0.2, 0.25) is 0 Å². The van der Waals surface area contributed by atoms with E-state index < -0.39 is 47.6 Å². The quantitative estimate of drug-likeness (QED) is 0.639.